The van der Waals surface area contributed by atoms with Crippen LogP contribution in [0.15, 0.2) is 42.5 Å². The second-order valence-corrected chi connectivity index (χ2v) is 10.4. The molecular formula is C23H17ClF5IN5O2P. The minimum atomic E-state index is -4.87. The van der Waals surface area contributed by atoms with Crippen molar-refractivity contribution < 1.29 is 31.5 Å². The number of carbonyl (C=O) groups excluding carboxylic acids is 1. The fourth-order valence-electron chi connectivity index (χ4n) is 3.73. The summed E-state index contributed by atoms with van der Waals surface area (Å²) in [6.45, 7) is 0.283. The van der Waals surface area contributed by atoms with E-state index >= 15 is 0 Å². The molecule has 0 fully saturated rings. The van der Waals surface area contributed by atoms with Gasteiger partial charge in [0.25, 0.3) is 5.91 Å². The molecule has 38 heavy (non-hydrogen) atoms. The Labute approximate surface area is 232 Å². The predicted octanol–water partition coefficient (Wildman–Crippen LogP) is 7.12. The number of carbonyl (C=O) groups is 1. The van der Waals surface area contributed by atoms with Gasteiger partial charge in [0.2, 0.25) is 0 Å². The van der Waals surface area contributed by atoms with Crippen molar-refractivity contribution in [3.8, 4) is 11.5 Å². The van der Waals surface area contributed by atoms with Crippen LogP contribution in [0.2, 0.25) is 5.02 Å². The maximum Gasteiger partial charge on any atom is 0.416 e. The molecule has 1 atom stereocenters. The summed E-state index contributed by atoms with van der Waals surface area (Å²) in [6, 6.07) is 6.40. The molecule has 4 aromatic rings. The number of amides is 1. The molecule has 3 aromatic carbocycles. The molecule has 0 aliphatic heterocycles. The van der Waals surface area contributed by atoms with Crippen molar-refractivity contribution >= 4 is 68.3 Å². The maximum atomic E-state index is 14.0. The number of hydrogen-bond donors (Lipinski definition) is 3. The number of anilines is 2. The lowest BCUT2D eigenvalue weighted by Crippen LogP contribution is -2.16. The molecule has 7 nitrogen and oxygen atoms in total. The van der Waals surface area contributed by atoms with Gasteiger partial charge in [-0.05, 0) is 71.1 Å². The number of rotatable bonds is 7. The predicted molar refractivity (Wildman–Crippen MR) is 145 cm³/mol. The summed E-state index contributed by atoms with van der Waals surface area (Å²) in [5, 5.41) is 10.1. The average Bonchev–Trinajstić information content (AvgIpc) is 3.19. The Morgan fingerprint density at radius 3 is 2.58 bits per heavy atom. The molecule has 4 N–H and O–H groups in total. The van der Waals surface area contributed by atoms with E-state index in [2.05, 4.69) is 37.8 Å². The molecule has 0 saturated heterocycles. The second kappa shape index (κ2) is 11.2. The van der Waals surface area contributed by atoms with Gasteiger partial charge in [0, 0.05) is 18.2 Å². The number of nitrogens with one attached hydrogen (secondary N) is 2. The normalized spacial score (nSPS) is 12.0. The summed E-state index contributed by atoms with van der Waals surface area (Å²) in [5.41, 5.74) is 5.43. The molecule has 1 heterocycles. The standard InChI is InChI=1S/C23H17ClF5IN5O2P/c1-32-9-11-6-16(33-22(36)10-4-12(23(27,28)29)7-14(26)5-10)20(18-19(11)35(38-30)34-21(18)31)37-17-8-13(25)2-3-15(17)24/h2-8,32,38H,9H2,1H3,(H2,31,34)(H,33,36). The Hall–Kier alpha value is -2.74. The van der Waals surface area contributed by atoms with E-state index in [0.717, 1.165) is 12.1 Å². The Bertz CT molecular complexity index is 1550. The van der Waals surface area contributed by atoms with Crippen LogP contribution in [0.1, 0.15) is 21.5 Å². The van der Waals surface area contributed by atoms with Crippen LogP contribution in [0, 0.1) is 11.6 Å². The first-order valence-electron chi connectivity index (χ1n) is 10.6. The Balaban J connectivity index is 1.91. The van der Waals surface area contributed by atoms with E-state index in [1.54, 1.807) is 11.5 Å². The molecule has 15 heteroatoms. The topological polar surface area (TPSA) is 94.2 Å². The van der Waals surface area contributed by atoms with Gasteiger partial charge in [-0.2, -0.15) is 18.3 Å². The number of nitrogens with two attached hydrogens (primary N) is 1. The lowest BCUT2D eigenvalue weighted by Gasteiger charge is -2.18. The zero-order chi connectivity index (χ0) is 27.8. The van der Waals surface area contributed by atoms with Gasteiger partial charge < -0.3 is 21.1 Å². The molecule has 0 aliphatic rings. The van der Waals surface area contributed by atoms with E-state index in [9.17, 15) is 26.7 Å². The zero-order valence-electron chi connectivity index (χ0n) is 19.2. The minimum absolute atomic E-state index is 0.0188. The van der Waals surface area contributed by atoms with Crippen molar-refractivity contribution in [2.24, 2.45) is 0 Å². The van der Waals surface area contributed by atoms with Crippen molar-refractivity contribution in [3.05, 3.63) is 75.8 Å². The Kier molecular flexibility index (Phi) is 8.31. The highest BCUT2D eigenvalue weighted by atomic mass is 127. The van der Waals surface area contributed by atoms with E-state index in [-0.39, 0.29) is 52.4 Å². The number of benzene rings is 3. The van der Waals surface area contributed by atoms with E-state index in [1.165, 1.54) is 12.1 Å². The first-order chi connectivity index (χ1) is 17.9. The fraction of sp³-hybridized carbons (Fsp3) is 0.130. The van der Waals surface area contributed by atoms with Gasteiger partial charge in [-0.3, -0.25) is 4.79 Å². The molecule has 0 bridgehead atoms. The molecule has 1 amide bonds. The second-order valence-electron chi connectivity index (χ2n) is 7.91. The lowest BCUT2D eigenvalue weighted by atomic mass is 10.1. The molecule has 0 aliphatic carbocycles. The molecule has 0 saturated carbocycles. The number of nitrogens with zero attached hydrogens (tertiary/aromatic N) is 2. The number of nitrogen functional groups attached to an aromatic ring is 1. The Morgan fingerprint density at radius 1 is 1.18 bits per heavy atom. The van der Waals surface area contributed by atoms with Gasteiger partial charge in [0.1, 0.15) is 17.4 Å². The lowest BCUT2D eigenvalue weighted by molar-refractivity contribution is -0.137. The van der Waals surface area contributed by atoms with Crippen LogP contribution >= 0.6 is 40.0 Å². The minimum Gasteiger partial charge on any atom is -0.453 e. The quantitative estimate of drug-likeness (QED) is 0.110. The van der Waals surface area contributed by atoms with Gasteiger partial charge in [-0.15, -0.1) is 0 Å². The summed E-state index contributed by atoms with van der Waals surface area (Å²) >= 11 is 8.29. The third kappa shape index (κ3) is 5.80. The van der Waals surface area contributed by atoms with Gasteiger partial charge in [0.15, 0.2) is 11.6 Å². The zero-order valence-corrected chi connectivity index (χ0v) is 23.1. The molecule has 0 spiro atoms. The van der Waals surface area contributed by atoms with Crippen molar-refractivity contribution in [1.82, 2.24) is 14.9 Å². The van der Waals surface area contributed by atoms with Crippen LogP contribution in [-0.4, -0.2) is 22.5 Å². The average molecular weight is 684 g/mol. The number of alkyl halides is 3. The summed E-state index contributed by atoms with van der Waals surface area (Å²) in [5.74, 6) is -3.12. The van der Waals surface area contributed by atoms with Crippen LogP contribution < -0.4 is 21.1 Å². The highest BCUT2D eigenvalue weighted by Gasteiger charge is 2.32. The van der Waals surface area contributed by atoms with Crippen LogP contribution in [0.3, 0.4) is 0 Å². The van der Waals surface area contributed by atoms with Crippen molar-refractivity contribution in [2.45, 2.75) is 12.7 Å². The molecular weight excluding hydrogens is 667 g/mol. The van der Waals surface area contributed by atoms with Crippen LogP contribution in [0.5, 0.6) is 11.5 Å². The number of aromatic nitrogens is 2. The SMILES string of the molecule is CNCc1cc(NC(=O)c2cc(F)cc(C(F)(F)F)c2)c(Oc2cc(F)ccc2Cl)c2c(N)nn(PI)c12. The monoisotopic (exact) mass is 683 g/mol. The van der Waals surface area contributed by atoms with Gasteiger partial charge in [0.05, 0.1) is 33.6 Å². The van der Waals surface area contributed by atoms with Crippen LogP contribution in [0.4, 0.5) is 33.5 Å². The smallest absolute Gasteiger partial charge is 0.416 e. The third-order valence-electron chi connectivity index (χ3n) is 5.29. The summed E-state index contributed by atoms with van der Waals surface area (Å²) < 4.78 is 75.2. The highest BCUT2D eigenvalue weighted by Crippen LogP contribution is 2.46. The Morgan fingerprint density at radius 2 is 1.92 bits per heavy atom. The van der Waals surface area contributed by atoms with Gasteiger partial charge >= 0.3 is 6.18 Å². The summed E-state index contributed by atoms with van der Waals surface area (Å²) in [4.78, 5) is 13.1. The molecule has 200 valence electrons. The molecule has 4 rings (SSSR count). The van der Waals surface area contributed by atoms with Gasteiger partial charge in [-0.25, -0.2) is 13.2 Å². The first-order valence-corrected chi connectivity index (χ1v) is 15.0. The van der Waals surface area contributed by atoms with Crippen molar-refractivity contribution in [3.63, 3.8) is 0 Å². The number of halogens is 7. The third-order valence-corrected chi connectivity index (χ3v) is 7.46. The van der Waals surface area contributed by atoms with E-state index in [4.69, 9.17) is 22.1 Å². The summed E-state index contributed by atoms with van der Waals surface area (Å²) in [6.07, 6.45) is -4.76. The van der Waals surface area contributed by atoms with Crippen molar-refractivity contribution in [1.29, 1.82) is 0 Å². The van der Waals surface area contributed by atoms with Crippen LogP contribution in [0.25, 0.3) is 10.9 Å². The van der Waals surface area contributed by atoms with Crippen LogP contribution in [-0.2, 0) is 12.7 Å². The maximum absolute atomic E-state index is 14.0. The largest absolute Gasteiger partial charge is 0.453 e. The fourth-order valence-corrected chi connectivity index (χ4v) is 5.42. The molecule has 1 aromatic heterocycles. The molecule has 0 radical (unpaired) electrons. The van der Waals surface area contributed by atoms with Gasteiger partial charge in [-0.1, -0.05) is 11.6 Å². The van der Waals surface area contributed by atoms with E-state index in [1.807, 2.05) is 0 Å². The number of ether oxygens (including phenoxy) is 1. The van der Waals surface area contributed by atoms with Crippen molar-refractivity contribution in [2.75, 3.05) is 18.1 Å². The van der Waals surface area contributed by atoms with E-state index < -0.39 is 34.8 Å². The highest BCUT2D eigenvalue weighted by molar-refractivity contribution is 14.2. The number of hydrogen-bond acceptors (Lipinski definition) is 5. The number of fused-ring (bicyclic) bond motifs is 1. The summed E-state index contributed by atoms with van der Waals surface area (Å²) in [7, 11) is 1.68. The molecule has 1 unspecified atom stereocenters. The first kappa shape index (κ1) is 28.3. The van der Waals surface area contributed by atoms with E-state index in [0.29, 0.717) is 23.2 Å².